The Morgan fingerprint density at radius 3 is 2.45 bits per heavy atom. The molecule has 0 bridgehead atoms. The molecular formula is C14H18N6. The zero-order valence-electron chi connectivity index (χ0n) is 11.3. The molecule has 3 heterocycles. The van der Waals surface area contributed by atoms with E-state index in [1.54, 1.807) is 18.6 Å². The third kappa shape index (κ3) is 3.03. The van der Waals surface area contributed by atoms with Crippen molar-refractivity contribution in [1.82, 2.24) is 19.9 Å². The molecule has 3 rings (SSSR count). The lowest BCUT2D eigenvalue weighted by molar-refractivity contribution is 0.246. The molecule has 0 aliphatic carbocycles. The van der Waals surface area contributed by atoms with Gasteiger partial charge in [0.1, 0.15) is 0 Å². The average molecular weight is 270 g/mol. The second kappa shape index (κ2) is 5.83. The van der Waals surface area contributed by atoms with Gasteiger partial charge in [0.05, 0.1) is 5.69 Å². The van der Waals surface area contributed by atoms with Gasteiger partial charge in [-0.25, -0.2) is 9.97 Å². The van der Waals surface area contributed by atoms with Crippen LogP contribution in [-0.2, 0) is 6.54 Å². The van der Waals surface area contributed by atoms with Crippen LogP contribution in [0, 0.1) is 0 Å². The highest BCUT2D eigenvalue weighted by Crippen LogP contribution is 2.12. The Balaban J connectivity index is 1.56. The van der Waals surface area contributed by atoms with Gasteiger partial charge in [0.25, 0.3) is 0 Å². The first-order chi connectivity index (χ1) is 9.81. The summed E-state index contributed by atoms with van der Waals surface area (Å²) in [5.41, 5.74) is 7.57. The fraction of sp³-hybridized carbons (Fsp3) is 0.357. The molecule has 2 aromatic heterocycles. The van der Waals surface area contributed by atoms with Crippen molar-refractivity contribution in [2.75, 3.05) is 36.8 Å². The Hall–Kier alpha value is -2.21. The van der Waals surface area contributed by atoms with Gasteiger partial charge in [-0.05, 0) is 18.2 Å². The number of rotatable bonds is 3. The van der Waals surface area contributed by atoms with Crippen LogP contribution in [0.5, 0.6) is 0 Å². The molecular weight excluding hydrogens is 252 g/mol. The fourth-order valence-corrected chi connectivity index (χ4v) is 2.37. The molecule has 0 amide bonds. The standard InChI is InChI=1S/C14H18N6/c15-12-2-5-16-13(10-12)11-19-6-8-20(9-7-19)14-17-3-1-4-18-14/h1-5,10H,6-9,11H2,(H2,15,16). The highest BCUT2D eigenvalue weighted by Gasteiger charge is 2.18. The molecule has 2 aromatic rings. The van der Waals surface area contributed by atoms with E-state index in [0.717, 1.165) is 50.1 Å². The molecule has 2 N–H and O–H groups in total. The number of nitrogen functional groups attached to an aromatic ring is 1. The van der Waals surface area contributed by atoms with Crippen LogP contribution in [0.2, 0.25) is 0 Å². The van der Waals surface area contributed by atoms with Gasteiger partial charge in [0, 0.05) is 57.0 Å². The van der Waals surface area contributed by atoms with Crippen LogP contribution in [-0.4, -0.2) is 46.0 Å². The number of nitrogens with two attached hydrogens (primary N) is 1. The first kappa shape index (κ1) is 12.8. The number of pyridine rings is 1. The highest BCUT2D eigenvalue weighted by atomic mass is 15.3. The topological polar surface area (TPSA) is 71.2 Å². The molecule has 0 spiro atoms. The summed E-state index contributed by atoms with van der Waals surface area (Å²) < 4.78 is 0. The van der Waals surface area contributed by atoms with Crippen LogP contribution >= 0.6 is 0 Å². The van der Waals surface area contributed by atoms with Gasteiger partial charge >= 0.3 is 0 Å². The lowest BCUT2D eigenvalue weighted by Gasteiger charge is -2.34. The molecule has 0 radical (unpaired) electrons. The predicted octanol–water partition coefficient (Wildman–Crippen LogP) is 0.776. The van der Waals surface area contributed by atoms with Gasteiger partial charge in [0.15, 0.2) is 0 Å². The number of nitrogens with zero attached hydrogens (tertiary/aromatic N) is 5. The van der Waals surface area contributed by atoms with E-state index in [0.29, 0.717) is 0 Å². The van der Waals surface area contributed by atoms with Crippen LogP contribution in [0.4, 0.5) is 11.6 Å². The minimum absolute atomic E-state index is 0.770. The summed E-state index contributed by atoms with van der Waals surface area (Å²) in [6, 6.07) is 5.59. The van der Waals surface area contributed by atoms with Crippen molar-refractivity contribution < 1.29 is 0 Å². The van der Waals surface area contributed by atoms with Gasteiger partial charge < -0.3 is 10.6 Å². The first-order valence-electron chi connectivity index (χ1n) is 6.76. The van der Waals surface area contributed by atoms with Crippen molar-refractivity contribution >= 4 is 11.6 Å². The van der Waals surface area contributed by atoms with Crippen molar-refractivity contribution in [3.63, 3.8) is 0 Å². The summed E-state index contributed by atoms with van der Waals surface area (Å²) in [5, 5.41) is 0. The molecule has 0 unspecified atom stereocenters. The summed E-state index contributed by atoms with van der Waals surface area (Å²) >= 11 is 0. The molecule has 1 aliphatic rings. The number of hydrogen-bond donors (Lipinski definition) is 1. The molecule has 0 aromatic carbocycles. The average Bonchev–Trinajstić information content (AvgIpc) is 2.49. The van der Waals surface area contributed by atoms with Crippen LogP contribution < -0.4 is 10.6 Å². The van der Waals surface area contributed by atoms with Crippen LogP contribution in [0.25, 0.3) is 0 Å². The SMILES string of the molecule is Nc1ccnc(CN2CCN(c3ncccn3)CC2)c1. The van der Waals surface area contributed by atoms with E-state index in [1.807, 2.05) is 18.2 Å². The molecule has 20 heavy (non-hydrogen) atoms. The van der Waals surface area contributed by atoms with Crippen molar-refractivity contribution in [2.24, 2.45) is 0 Å². The number of anilines is 2. The Morgan fingerprint density at radius 1 is 1.00 bits per heavy atom. The van der Waals surface area contributed by atoms with E-state index in [4.69, 9.17) is 5.73 Å². The Labute approximate surface area is 118 Å². The molecule has 0 atom stereocenters. The molecule has 1 saturated heterocycles. The maximum Gasteiger partial charge on any atom is 0.225 e. The van der Waals surface area contributed by atoms with E-state index in [2.05, 4.69) is 24.8 Å². The minimum atomic E-state index is 0.770. The van der Waals surface area contributed by atoms with E-state index in [-0.39, 0.29) is 0 Å². The smallest absolute Gasteiger partial charge is 0.225 e. The molecule has 6 nitrogen and oxygen atoms in total. The predicted molar refractivity (Wildman–Crippen MR) is 78.2 cm³/mol. The monoisotopic (exact) mass is 270 g/mol. The van der Waals surface area contributed by atoms with Gasteiger partial charge in [-0.15, -0.1) is 0 Å². The van der Waals surface area contributed by atoms with E-state index < -0.39 is 0 Å². The Morgan fingerprint density at radius 2 is 1.75 bits per heavy atom. The van der Waals surface area contributed by atoms with Crippen LogP contribution in [0.15, 0.2) is 36.8 Å². The fourth-order valence-electron chi connectivity index (χ4n) is 2.37. The quantitative estimate of drug-likeness (QED) is 0.888. The first-order valence-corrected chi connectivity index (χ1v) is 6.76. The summed E-state index contributed by atoms with van der Waals surface area (Å²) in [6.07, 6.45) is 5.33. The highest BCUT2D eigenvalue weighted by molar-refractivity contribution is 5.37. The van der Waals surface area contributed by atoms with Gasteiger partial charge in [0.2, 0.25) is 5.95 Å². The van der Waals surface area contributed by atoms with E-state index in [9.17, 15) is 0 Å². The molecule has 1 aliphatic heterocycles. The minimum Gasteiger partial charge on any atom is -0.399 e. The lowest BCUT2D eigenvalue weighted by Crippen LogP contribution is -2.46. The summed E-state index contributed by atoms with van der Waals surface area (Å²) in [6.45, 7) is 4.68. The lowest BCUT2D eigenvalue weighted by atomic mass is 10.2. The molecule has 104 valence electrons. The zero-order valence-corrected chi connectivity index (χ0v) is 11.3. The van der Waals surface area contributed by atoms with E-state index >= 15 is 0 Å². The Kier molecular flexibility index (Phi) is 3.73. The summed E-state index contributed by atoms with van der Waals surface area (Å²) in [7, 11) is 0. The second-order valence-corrected chi connectivity index (χ2v) is 4.89. The van der Waals surface area contributed by atoms with Crippen molar-refractivity contribution in [3.8, 4) is 0 Å². The number of aromatic nitrogens is 3. The van der Waals surface area contributed by atoms with Crippen molar-refractivity contribution in [3.05, 3.63) is 42.5 Å². The largest absolute Gasteiger partial charge is 0.399 e. The number of piperazine rings is 1. The third-order valence-corrected chi connectivity index (χ3v) is 3.43. The maximum absolute atomic E-state index is 5.78. The third-order valence-electron chi connectivity index (χ3n) is 3.43. The van der Waals surface area contributed by atoms with Gasteiger partial charge in [-0.1, -0.05) is 0 Å². The summed E-state index contributed by atoms with van der Waals surface area (Å²) in [5.74, 6) is 0.814. The zero-order chi connectivity index (χ0) is 13.8. The van der Waals surface area contributed by atoms with Crippen molar-refractivity contribution in [1.29, 1.82) is 0 Å². The van der Waals surface area contributed by atoms with Gasteiger partial charge in [-0.3, -0.25) is 9.88 Å². The normalized spacial score (nSPS) is 16.3. The van der Waals surface area contributed by atoms with Crippen LogP contribution in [0.3, 0.4) is 0 Å². The summed E-state index contributed by atoms with van der Waals surface area (Å²) in [4.78, 5) is 17.5. The molecule has 6 heteroatoms. The van der Waals surface area contributed by atoms with Crippen molar-refractivity contribution in [2.45, 2.75) is 6.54 Å². The van der Waals surface area contributed by atoms with Gasteiger partial charge in [-0.2, -0.15) is 0 Å². The maximum atomic E-state index is 5.78. The number of hydrogen-bond acceptors (Lipinski definition) is 6. The Bertz CT molecular complexity index is 551. The van der Waals surface area contributed by atoms with E-state index in [1.165, 1.54) is 0 Å². The second-order valence-electron chi connectivity index (χ2n) is 4.89. The molecule has 0 saturated carbocycles. The molecule has 1 fully saturated rings. The van der Waals surface area contributed by atoms with Crippen LogP contribution in [0.1, 0.15) is 5.69 Å².